The summed E-state index contributed by atoms with van der Waals surface area (Å²) in [7, 11) is -3.11. The van der Waals surface area contributed by atoms with Gasteiger partial charge in [0.15, 0.2) is 17.4 Å². The molecule has 5 atom stereocenters. The van der Waals surface area contributed by atoms with E-state index in [1.165, 1.54) is 13.1 Å². The summed E-state index contributed by atoms with van der Waals surface area (Å²) in [4.78, 5) is 38.3. The van der Waals surface area contributed by atoms with Gasteiger partial charge >= 0.3 is 11.7 Å². The second kappa shape index (κ2) is 5.48. The molecule has 3 N–H and O–H groups in total. The molecule has 4 rings (SSSR count). The highest BCUT2D eigenvalue weighted by Gasteiger charge is 2.81. The Bertz CT molecular complexity index is 1050. The molecule has 3 aliphatic rings. The van der Waals surface area contributed by atoms with E-state index in [2.05, 4.69) is 10.3 Å². The third-order valence-electron chi connectivity index (χ3n) is 5.36. The Hall–Kier alpha value is -2.06. The zero-order valence-electron chi connectivity index (χ0n) is 14.3. The standard InChI is InChI=1S/C14H17N3O9S/c1-6-4-17(12(21)16-9(6)19)10-8(18)14-7(25-10)3-15-13(14,11(20)24-2)5-27(22,23)26-14/h4,7-8,10,15,18H,3,5H2,1-2H3,(H,16,19,21)/t7-,8+,10-,13-,14-/m1/s1. The molecule has 4 heterocycles. The Balaban J connectivity index is 1.87. The highest BCUT2D eigenvalue weighted by molar-refractivity contribution is 7.87. The summed E-state index contributed by atoms with van der Waals surface area (Å²) >= 11 is 0. The molecule has 27 heavy (non-hydrogen) atoms. The molecule has 3 saturated heterocycles. The molecule has 0 aliphatic carbocycles. The van der Waals surface area contributed by atoms with Gasteiger partial charge in [0.1, 0.15) is 18.0 Å². The number of carbonyl (C=O) groups excluding carboxylic acids is 1. The number of methoxy groups -OCH3 is 1. The third-order valence-corrected chi connectivity index (χ3v) is 6.68. The van der Waals surface area contributed by atoms with Crippen molar-refractivity contribution in [2.45, 2.75) is 36.5 Å². The van der Waals surface area contributed by atoms with E-state index < -0.39 is 62.7 Å². The van der Waals surface area contributed by atoms with E-state index in [9.17, 15) is 27.9 Å². The Kier molecular flexibility index (Phi) is 3.72. The molecule has 0 amide bonds. The molecular formula is C14H17N3O9S. The number of aryl methyl sites for hydroxylation is 1. The number of hydrogen-bond acceptors (Lipinski definition) is 10. The number of carbonyl (C=O) groups is 1. The van der Waals surface area contributed by atoms with E-state index in [-0.39, 0.29) is 12.1 Å². The van der Waals surface area contributed by atoms with E-state index in [1.54, 1.807) is 0 Å². The SMILES string of the molecule is COC(=O)[C@]12CS(=O)(=O)O[C@@]13[C@@H](CN2)O[C@@H](n1cc(C)c(=O)[nH]c1=O)[C@@H]3O. The van der Waals surface area contributed by atoms with Crippen molar-refractivity contribution >= 4 is 16.1 Å². The fraction of sp³-hybridized carbons (Fsp3) is 0.643. The molecule has 3 aliphatic heterocycles. The lowest BCUT2D eigenvalue weighted by Crippen LogP contribution is -2.67. The van der Waals surface area contributed by atoms with Crippen molar-refractivity contribution in [3.63, 3.8) is 0 Å². The van der Waals surface area contributed by atoms with Gasteiger partial charge in [-0.05, 0) is 6.92 Å². The quantitative estimate of drug-likeness (QED) is 0.336. The second-order valence-corrected chi connectivity index (χ2v) is 8.37. The van der Waals surface area contributed by atoms with Crippen molar-refractivity contribution in [1.82, 2.24) is 14.9 Å². The lowest BCUT2D eigenvalue weighted by atomic mass is 9.77. The summed E-state index contributed by atoms with van der Waals surface area (Å²) in [6.45, 7) is 1.43. The van der Waals surface area contributed by atoms with Crippen molar-refractivity contribution in [2.75, 3.05) is 19.4 Å². The minimum absolute atomic E-state index is 0.0186. The van der Waals surface area contributed by atoms with Crippen LogP contribution in [0.5, 0.6) is 0 Å². The van der Waals surface area contributed by atoms with Crippen LogP contribution in [0.4, 0.5) is 0 Å². The fourth-order valence-electron chi connectivity index (χ4n) is 4.18. The van der Waals surface area contributed by atoms with Crippen LogP contribution in [0, 0.1) is 6.92 Å². The molecule has 0 saturated carbocycles. The van der Waals surface area contributed by atoms with Crippen LogP contribution in [-0.2, 0) is 28.6 Å². The van der Waals surface area contributed by atoms with E-state index in [0.717, 1.165) is 11.7 Å². The fourth-order valence-corrected chi connectivity index (χ4v) is 5.98. The number of nitrogens with zero attached hydrogens (tertiary/aromatic N) is 1. The molecule has 12 nitrogen and oxygen atoms in total. The average Bonchev–Trinajstić information content (AvgIpc) is 3.12. The van der Waals surface area contributed by atoms with Crippen LogP contribution >= 0.6 is 0 Å². The van der Waals surface area contributed by atoms with Crippen LogP contribution in [0.15, 0.2) is 15.8 Å². The molecular weight excluding hydrogens is 386 g/mol. The highest BCUT2D eigenvalue weighted by atomic mass is 32.2. The van der Waals surface area contributed by atoms with E-state index >= 15 is 0 Å². The van der Waals surface area contributed by atoms with E-state index in [4.69, 9.17) is 13.7 Å². The number of aliphatic hydroxyl groups is 1. The van der Waals surface area contributed by atoms with Gasteiger partial charge in [-0.15, -0.1) is 0 Å². The maximum atomic E-state index is 12.5. The largest absolute Gasteiger partial charge is 0.468 e. The number of esters is 1. The maximum Gasteiger partial charge on any atom is 0.330 e. The molecule has 1 aromatic rings. The Morgan fingerprint density at radius 2 is 2.15 bits per heavy atom. The molecule has 1 aromatic heterocycles. The van der Waals surface area contributed by atoms with Crippen LogP contribution in [0.1, 0.15) is 11.8 Å². The van der Waals surface area contributed by atoms with Gasteiger partial charge in [-0.25, -0.2) is 9.59 Å². The summed E-state index contributed by atoms with van der Waals surface area (Å²) in [5.41, 5.74) is -5.18. The monoisotopic (exact) mass is 403 g/mol. The van der Waals surface area contributed by atoms with Gasteiger partial charge in [0.2, 0.25) is 0 Å². The number of aliphatic hydroxyl groups excluding tert-OH is 1. The number of hydrogen-bond donors (Lipinski definition) is 3. The van der Waals surface area contributed by atoms with Gasteiger partial charge in [0.05, 0.1) is 7.11 Å². The summed E-state index contributed by atoms with van der Waals surface area (Å²) < 4.78 is 41.0. The highest BCUT2D eigenvalue weighted by Crippen LogP contribution is 2.54. The number of aromatic amines is 1. The maximum absolute atomic E-state index is 12.5. The van der Waals surface area contributed by atoms with Crippen molar-refractivity contribution in [2.24, 2.45) is 0 Å². The van der Waals surface area contributed by atoms with Gasteiger partial charge in [0.25, 0.3) is 15.7 Å². The first-order valence-electron chi connectivity index (χ1n) is 8.00. The summed E-state index contributed by atoms with van der Waals surface area (Å²) in [6.07, 6.45) is -2.98. The lowest BCUT2D eigenvalue weighted by molar-refractivity contribution is -0.158. The summed E-state index contributed by atoms with van der Waals surface area (Å²) in [5.74, 6) is -1.69. The first kappa shape index (κ1) is 18.3. The smallest absolute Gasteiger partial charge is 0.330 e. The Labute approximate surface area is 152 Å². The number of rotatable bonds is 2. The minimum atomic E-state index is -4.19. The summed E-state index contributed by atoms with van der Waals surface area (Å²) in [5, 5.41) is 13.7. The van der Waals surface area contributed by atoms with E-state index in [0.29, 0.717) is 0 Å². The van der Waals surface area contributed by atoms with Gasteiger partial charge in [-0.3, -0.25) is 23.8 Å². The zero-order valence-corrected chi connectivity index (χ0v) is 15.1. The Morgan fingerprint density at radius 3 is 2.81 bits per heavy atom. The lowest BCUT2D eigenvalue weighted by Gasteiger charge is -2.35. The topological polar surface area (TPSA) is 166 Å². The molecule has 0 unspecified atom stereocenters. The van der Waals surface area contributed by atoms with Gasteiger partial charge in [0, 0.05) is 18.3 Å². The molecule has 148 valence electrons. The first-order chi connectivity index (χ1) is 12.6. The molecule has 3 fully saturated rings. The van der Waals surface area contributed by atoms with Crippen molar-refractivity contribution in [3.8, 4) is 0 Å². The molecule has 0 aromatic carbocycles. The number of ether oxygens (including phenoxy) is 2. The molecule has 1 spiro atoms. The molecule has 0 bridgehead atoms. The van der Waals surface area contributed by atoms with E-state index in [1.807, 2.05) is 0 Å². The van der Waals surface area contributed by atoms with Crippen LogP contribution in [0.2, 0.25) is 0 Å². The van der Waals surface area contributed by atoms with Crippen LogP contribution in [-0.4, -0.2) is 71.8 Å². The number of aromatic nitrogens is 2. The van der Waals surface area contributed by atoms with Crippen LogP contribution in [0.25, 0.3) is 0 Å². The van der Waals surface area contributed by atoms with Gasteiger partial charge in [-0.1, -0.05) is 0 Å². The second-order valence-electron chi connectivity index (χ2n) is 6.80. The summed E-state index contributed by atoms with van der Waals surface area (Å²) in [6, 6.07) is 0. The van der Waals surface area contributed by atoms with Crippen LogP contribution in [0.3, 0.4) is 0 Å². The van der Waals surface area contributed by atoms with Crippen molar-refractivity contribution in [1.29, 1.82) is 0 Å². The minimum Gasteiger partial charge on any atom is -0.468 e. The number of H-pyrrole nitrogens is 1. The molecule has 0 radical (unpaired) electrons. The first-order valence-corrected chi connectivity index (χ1v) is 9.58. The van der Waals surface area contributed by atoms with Gasteiger partial charge in [-0.2, -0.15) is 8.42 Å². The third kappa shape index (κ3) is 2.17. The number of nitrogens with one attached hydrogen (secondary N) is 2. The zero-order chi connectivity index (χ0) is 19.8. The van der Waals surface area contributed by atoms with Crippen molar-refractivity contribution in [3.05, 3.63) is 32.6 Å². The predicted molar refractivity (Wildman–Crippen MR) is 86.3 cm³/mol. The molecule has 13 heteroatoms. The Morgan fingerprint density at radius 1 is 1.44 bits per heavy atom. The van der Waals surface area contributed by atoms with Gasteiger partial charge < -0.3 is 14.6 Å². The van der Waals surface area contributed by atoms with Crippen molar-refractivity contribution < 1.29 is 32.0 Å². The normalized spacial score (nSPS) is 39.1. The predicted octanol–water partition coefficient (Wildman–Crippen LogP) is -3.28. The van der Waals surface area contributed by atoms with Crippen LogP contribution < -0.4 is 16.6 Å². The average molecular weight is 403 g/mol.